The first-order chi connectivity index (χ1) is 13.0. The highest BCUT2D eigenvalue weighted by Gasteiger charge is 2.13. The minimum atomic E-state index is -0.472. The van der Waals surface area contributed by atoms with Crippen molar-refractivity contribution in [2.45, 2.75) is 19.4 Å². The van der Waals surface area contributed by atoms with Crippen LogP contribution in [0.5, 0.6) is 5.88 Å². The van der Waals surface area contributed by atoms with Gasteiger partial charge in [-0.05, 0) is 30.7 Å². The SMILES string of the molecule is CCC(COC)Nc1ccc(N=Cc2c(O)[nH]c3cccc(F)c23)cc1F. The van der Waals surface area contributed by atoms with Crippen molar-refractivity contribution in [1.82, 2.24) is 4.98 Å². The molecule has 5 nitrogen and oxygen atoms in total. The number of aromatic nitrogens is 1. The quantitative estimate of drug-likeness (QED) is 0.524. The average Bonchev–Trinajstić information content (AvgIpc) is 2.97. The molecule has 1 unspecified atom stereocenters. The number of methoxy groups -OCH3 is 1. The molecule has 1 atom stereocenters. The molecule has 1 heterocycles. The van der Waals surface area contributed by atoms with E-state index in [2.05, 4.69) is 15.3 Å². The highest BCUT2D eigenvalue weighted by atomic mass is 19.1. The number of H-pyrrole nitrogens is 1. The van der Waals surface area contributed by atoms with Crippen LogP contribution < -0.4 is 5.32 Å². The molecule has 2 aromatic carbocycles. The molecule has 0 saturated heterocycles. The molecule has 0 fully saturated rings. The first kappa shape index (κ1) is 18.8. The van der Waals surface area contributed by atoms with Crippen LogP contribution in [0.4, 0.5) is 20.2 Å². The van der Waals surface area contributed by atoms with Gasteiger partial charge < -0.3 is 20.1 Å². The van der Waals surface area contributed by atoms with Gasteiger partial charge in [0.1, 0.15) is 11.6 Å². The third-order valence-corrected chi connectivity index (χ3v) is 4.31. The summed E-state index contributed by atoms with van der Waals surface area (Å²) in [5, 5.41) is 13.3. The fraction of sp³-hybridized carbons (Fsp3) is 0.250. The molecular formula is C20H21F2N3O2. The number of nitrogens with one attached hydrogen (secondary N) is 2. The number of aromatic hydroxyl groups is 1. The first-order valence-electron chi connectivity index (χ1n) is 8.61. The number of hydrogen-bond donors (Lipinski definition) is 3. The molecule has 0 spiro atoms. The van der Waals surface area contributed by atoms with E-state index in [1.165, 1.54) is 18.3 Å². The van der Waals surface area contributed by atoms with E-state index < -0.39 is 11.6 Å². The van der Waals surface area contributed by atoms with Gasteiger partial charge in [-0.25, -0.2) is 8.78 Å². The van der Waals surface area contributed by atoms with E-state index in [1.54, 1.807) is 31.4 Å². The molecule has 0 aliphatic heterocycles. The number of rotatable bonds is 7. The second kappa shape index (κ2) is 8.18. The standard InChI is InChI=1S/C20H21F2N3O2/c1-3-12(11-27-2)24-17-8-7-13(9-16(17)22)23-10-14-19-15(21)5-4-6-18(19)25-20(14)26/h4-10,12,24-26H,3,11H2,1-2H3. The molecule has 0 aliphatic carbocycles. The zero-order valence-electron chi connectivity index (χ0n) is 15.1. The van der Waals surface area contributed by atoms with Crippen LogP contribution >= 0.6 is 0 Å². The van der Waals surface area contributed by atoms with E-state index in [0.717, 1.165) is 6.42 Å². The number of halogens is 2. The number of aromatic amines is 1. The molecule has 0 aliphatic rings. The van der Waals surface area contributed by atoms with Gasteiger partial charge in [0.2, 0.25) is 0 Å². The summed E-state index contributed by atoms with van der Waals surface area (Å²) >= 11 is 0. The van der Waals surface area contributed by atoms with E-state index >= 15 is 0 Å². The van der Waals surface area contributed by atoms with E-state index in [-0.39, 0.29) is 22.9 Å². The number of aliphatic imine (C=N–C) groups is 1. The maximum atomic E-state index is 14.4. The van der Waals surface area contributed by atoms with Crippen molar-refractivity contribution in [3.63, 3.8) is 0 Å². The van der Waals surface area contributed by atoms with E-state index in [9.17, 15) is 13.9 Å². The van der Waals surface area contributed by atoms with Crippen LogP contribution in [0.2, 0.25) is 0 Å². The average molecular weight is 373 g/mol. The fourth-order valence-electron chi connectivity index (χ4n) is 2.86. The Morgan fingerprint density at radius 3 is 2.78 bits per heavy atom. The number of hydrogen-bond acceptors (Lipinski definition) is 4. The second-order valence-corrected chi connectivity index (χ2v) is 6.18. The maximum Gasteiger partial charge on any atom is 0.198 e. The minimum Gasteiger partial charge on any atom is -0.494 e. The molecule has 0 bridgehead atoms. The topological polar surface area (TPSA) is 69.6 Å². The summed E-state index contributed by atoms with van der Waals surface area (Å²) in [6.45, 7) is 2.46. The van der Waals surface area contributed by atoms with Crippen molar-refractivity contribution in [2.75, 3.05) is 19.0 Å². The molecule has 0 radical (unpaired) electrons. The van der Waals surface area contributed by atoms with Crippen LogP contribution in [0.1, 0.15) is 18.9 Å². The Kier molecular flexibility index (Phi) is 5.71. The lowest BCUT2D eigenvalue weighted by atomic mass is 10.1. The molecule has 3 aromatic rings. The summed E-state index contributed by atoms with van der Waals surface area (Å²) in [4.78, 5) is 6.87. The normalized spacial score (nSPS) is 12.7. The summed E-state index contributed by atoms with van der Waals surface area (Å²) in [5.41, 5.74) is 1.39. The highest BCUT2D eigenvalue weighted by Crippen LogP contribution is 2.29. The lowest BCUT2D eigenvalue weighted by Crippen LogP contribution is -2.24. The van der Waals surface area contributed by atoms with Crippen molar-refractivity contribution in [2.24, 2.45) is 4.99 Å². The van der Waals surface area contributed by atoms with E-state index in [4.69, 9.17) is 4.74 Å². The molecular weight excluding hydrogens is 352 g/mol. The predicted molar refractivity (Wildman–Crippen MR) is 103 cm³/mol. The predicted octanol–water partition coefficient (Wildman–Crippen LogP) is 4.74. The van der Waals surface area contributed by atoms with Crippen LogP contribution in [-0.2, 0) is 4.74 Å². The van der Waals surface area contributed by atoms with Crippen molar-refractivity contribution in [3.8, 4) is 5.88 Å². The van der Waals surface area contributed by atoms with Gasteiger partial charge in [0.05, 0.1) is 29.1 Å². The van der Waals surface area contributed by atoms with Crippen LogP contribution in [-0.4, -0.2) is 36.1 Å². The fourth-order valence-corrected chi connectivity index (χ4v) is 2.86. The van der Waals surface area contributed by atoms with Gasteiger partial charge in [-0.15, -0.1) is 0 Å². The molecule has 3 rings (SSSR count). The van der Waals surface area contributed by atoms with E-state index in [1.807, 2.05) is 6.92 Å². The Hall–Kier alpha value is -2.93. The Balaban J connectivity index is 1.85. The smallest absolute Gasteiger partial charge is 0.198 e. The lowest BCUT2D eigenvalue weighted by Gasteiger charge is -2.17. The Bertz CT molecular complexity index is 969. The largest absolute Gasteiger partial charge is 0.494 e. The Morgan fingerprint density at radius 2 is 2.07 bits per heavy atom. The Morgan fingerprint density at radius 1 is 1.26 bits per heavy atom. The zero-order chi connectivity index (χ0) is 19.4. The summed E-state index contributed by atoms with van der Waals surface area (Å²) in [5.74, 6) is -1.11. The van der Waals surface area contributed by atoms with Crippen LogP contribution in [0.15, 0.2) is 41.4 Å². The number of fused-ring (bicyclic) bond motifs is 1. The third-order valence-electron chi connectivity index (χ3n) is 4.31. The van der Waals surface area contributed by atoms with Gasteiger partial charge in [0.15, 0.2) is 5.88 Å². The highest BCUT2D eigenvalue weighted by molar-refractivity contribution is 6.02. The minimum absolute atomic E-state index is 0.00462. The molecule has 7 heteroatoms. The summed E-state index contributed by atoms with van der Waals surface area (Å²) in [6.07, 6.45) is 2.11. The molecule has 1 aromatic heterocycles. The number of ether oxygens (including phenoxy) is 1. The van der Waals surface area contributed by atoms with Gasteiger partial charge in [-0.3, -0.25) is 4.99 Å². The maximum absolute atomic E-state index is 14.4. The third kappa shape index (κ3) is 4.09. The van der Waals surface area contributed by atoms with Crippen molar-refractivity contribution >= 4 is 28.5 Å². The Labute approximate surface area is 155 Å². The van der Waals surface area contributed by atoms with Gasteiger partial charge >= 0.3 is 0 Å². The van der Waals surface area contributed by atoms with E-state index in [0.29, 0.717) is 23.5 Å². The van der Waals surface area contributed by atoms with Crippen LogP contribution in [0, 0.1) is 11.6 Å². The van der Waals surface area contributed by atoms with Gasteiger partial charge in [0, 0.05) is 30.8 Å². The van der Waals surface area contributed by atoms with Gasteiger partial charge in [-0.2, -0.15) is 0 Å². The monoisotopic (exact) mass is 373 g/mol. The number of anilines is 1. The zero-order valence-corrected chi connectivity index (χ0v) is 15.1. The molecule has 0 saturated carbocycles. The molecule has 3 N–H and O–H groups in total. The molecule has 142 valence electrons. The van der Waals surface area contributed by atoms with Crippen molar-refractivity contribution < 1.29 is 18.6 Å². The summed E-state index contributed by atoms with van der Waals surface area (Å²) in [6, 6.07) is 9.02. The first-order valence-corrected chi connectivity index (χ1v) is 8.61. The molecule has 0 amide bonds. The van der Waals surface area contributed by atoms with Crippen LogP contribution in [0.3, 0.4) is 0 Å². The van der Waals surface area contributed by atoms with Crippen molar-refractivity contribution in [1.29, 1.82) is 0 Å². The molecule has 27 heavy (non-hydrogen) atoms. The summed E-state index contributed by atoms with van der Waals surface area (Å²) < 4.78 is 33.5. The number of benzene rings is 2. The van der Waals surface area contributed by atoms with Crippen molar-refractivity contribution in [3.05, 3.63) is 53.6 Å². The van der Waals surface area contributed by atoms with Gasteiger partial charge in [-0.1, -0.05) is 13.0 Å². The lowest BCUT2D eigenvalue weighted by molar-refractivity contribution is 0.184. The van der Waals surface area contributed by atoms with Crippen LogP contribution in [0.25, 0.3) is 10.9 Å². The second-order valence-electron chi connectivity index (χ2n) is 6.18. The number of nitrogens with zero attached hydrogens (tertiary/aromatic N) is 1. The summed E-state index contributed by atoms with van der Waals surface area (Å²) in [7, 11) is 1.60. The van der Waals surface area contributed by atoms with Gasteiger partial charge in [0.25, 0.3) is 0 Å².